The van der Waals surface area contributed by atoms with Crippen LogP contribution in [0.15, 0.2) is 30.5 Å². The molecular formula is C18H15F6N3O. The van der Waals surface area contributed by atoms with Crippen molar-refractivity contribution in [2.45, 2.75) is 19.0 Å². The van der Waals surface area contributed by atoms with E-state index in [-0.39, 0.29) is 18.9 Å². The number of carbonyl (C=O) groups excluding carboxylic acids is 1. The number of benzene rings is 1. The van der Waals surface area contributed by atoms with E-state index in [0.717, 1.165) is 12.1 Å². The summed E-state index contributed by atoms with van der Waals surface area (Å²) in [5.74, 6) is -6.40. The summed E-state index contributed by atoms with van der Waals surface area (Å²) in [6, 6.07) is 3.63. The molecule has 0 aliphatic carbocycles. The number of piperidine rings is 1. The highest BCUT2D eigenvalue weighted by molar-refractivity contribution is 5.93. The van der Waals surface area contributed by atoms with Crippen LogP contribution in [0.4, 0.5) is 37.8 Å². The number of hydrogen-bond acceptors (Lipinski definition) is 3. The Kier molecular flexibility index (Phi) is 5.48. The highest BCUT2D eigenvalue weighted by Gasteiger charge is 2.37. The molecule has 4 nitrogen and oxygen atoms in total. The number of hydrogen-bond donors (Lipinski definition) is 1. The third-order valence-corrected chi connectivity index (χ3v) is 4.48. The Morgan fingerprint density at radius 1 is 1.14 bits per heavy atom. The topological polar surface area (TPSA) is 45.2 Å². The Balaban J connectivity index is 1.77. The van der Waals surface area contributed by atoms with Crippen molar-refractivity contribution >= 4 is 17.4 Å². The van der Waals surface area contributed by atoms with Gasteiger partial charge in [0, 0.05) is 19.3 Å². The lowest BCUT2D eigenvalue weighted by atomic mass is 9.96. The molecule has 0 spiro atoms. The molecular weight excluding hydrogens is 388 g/mol. The molecule has 0 bridgehead atoms. The number of rotatable bonds is 3. The van der Waals surface area contributed by atoms with Gasteiger partial charge in [-0.3, -0.25) is 4.79 Å². The molecule has 1 aliphatic rings. The van der Waals surface area contributed by atoms with Crippen molar-refractivity contribution in [1.82, 2.24) is 4.98 Å². The van der Waals surface area contributed by atoms with Gasteiger partial charge in [0.15, 0.2) is 17.5 Å². The second-order valence-corrected chi connectivity index (χ2v) is 6.37. The van der Waals surface area contributed by atoms with Crippen molar-refractivity contribution < 1.29 is 31.1 Å². The van der Waals surface area contributed by atoms with Crippen molar-refractivity contribution in [3.8, 4) is 0 Å². The molecule has 1 saturated heterocycles. The minimum atomic E-state index is -4.60. The van der Waals surface area contributed by atoms with E-state index in [0.29, 0.717) is 18.9 Å². The second kappa shape index (κ2) is 7.69. The van der Waals surface area contributed by atoms with E-state index in [9.17, 15) is 31.1 Å². The van der Waals surface area contributed by atoms with Crippen LogP contribution < -0.4 is 10.2 Å². The molecule has 1 fully saturated rings. The van der Waals surface area contributed by atoms with E-state index < -0.39 is 46.7 Å². The molecule has 1 aromatic heterocycles. The fourth-order valence-corrected chi connectivity index (χ4v) is 3.11. The van der Waals surface area contributed by atoms with Gasteiger partial charge in [0.25, 0.3) is 0 Å². The predicted molar refractivity (Wildman–Crippen MR) is 89.1 cm³/mol. The molecule has 10 heteroatoms. The number of anilines is 2. The number of pyridine rings is 1. The Hall–Kier alpha value is -2.78. The molecule has 1 N–H and O–H groups in total. The molecule has 0 saturated carbocycles. The Bertz CT molecular complexity index is 886. The van der Waals surface area contributed by atoms with Gasteiger partial charge in [-0.2, -0.15) is 13.2 Å². The molecule has 1 amide bonds. The van der Waals surface area contributed by atoms with Gasteiger partial charge in [-0.05, 0) is 37.1 Å². The number of nitrogens with one attached hydrogen (secondary N) is 1. The fourth-order valence-electron chi connectivity index (χ4n) is 3.11. The number of carbonyl (C=O) groups is 1. The van der Waals surface area contributed by atoms with Crippen LogP contribution in [0.1, 0.15) is 18.4 Å². The zero-order chi connectivity index (χ0) is 20.5. The van der Waals surface area contributed by atoms with Crippen LogP contribution in [-0.4, -0.2) is 24.0 Å². The molecule has 2 aromatic rings. The van der Waals surface area contributed by atoms with E-state index in [1.165, 1.54) is 17.2 Å². The molecule has 0 radical (unpaired) electrons. The quantitative estimate of drug-likeness (QED) is 0.612. The summed E-state index contributed by atoms with van der Waals surface area (Å²) >= 11 is 0. The molecule has 2 heterocycles. The van der Waals surface area contributed by atoms with Crippen molar-refractivity contribution in [2.24, 2.45) is 5.92 Å². The minimum absolute atomic E-state index is 0.0722. The van der Waals surface area contributed by atoms with E-state index in [1.54, 1.807) is 0 Å². The summed E-state index contributed by atoms with van der Waals surface area (Å²) < 4.78 is 79.7. The van der Waals surface area contributed by atoms with Crippen molar-refractivity contribution in [3.05, 3.63) is 53.5 Å². The molecule has 0 unspecified atom stereocenters. The minimum Gasteiger partial charge on any atom is -0.355 e. The van der Waals surface area contributed by atoms with Crippen molar-refractivity contribution in [2.75, 3.05) is 23.3 Å². The monoisotopic (exact) mass is 403 g/mol. The average molecular weight is 403 g/mol. The highest BCUT2D eigenvalue weighted by atomic mass is 19.4. The fraction of sp³-hybridized carbons (Fsp3) is 0.333. The van der Waals surface area contributed by atoms with Gasteiger partial charge in [-0.25, -0.2) is 18.2 Å². The third-order valence-electron chi connectivity index (χ3n) is 4.48. The van der Waals surface area contributed by atoms with Crippen LogP contribution in [0.2, 0.25) is 0 Å². The van der Waals surface area contributed by atoms with Crippen LogP contribution >= 0.6 is 0 Å². The highest BCUT2D eigenvalue weighted by Crippen LogP contribution is 2.36. The summed E-state index contributed by atoms with van der Waals surface area (Å²) in [6.07, 6.45) is -2.62. The van der Waals surface area contributed by atoms with Gasteiger partial charge in [-0.1, -0.05) is 0 Å². The predicted octanol–water partition coefficient (Wildman–Crippen LogP) is 4.37. The SMILES string of the molecule is O=C(Nc1ccc(F)c(F)c1F)[C@@H]1CCCN(c2ncccc2C(F)(F)F)C1. The van der Waals surface area contributed by atoms with E-state index in [1.807, 2.05) is 0 Å². The average Bonchev–Trinajstić information content (AvgIpc) is 2.68. The van der Waals surface area contributed by atoms with Gasteiger partial charge < -0.3 is 10.2 Å². The zero-order valence-electron chi connectivity index (χ0n) is 14.4. The summed E-state index contributed by atoms with van der Waals surface area (Å²) in [6.45, 7) is 0.195. The van der Waals surface area contributed by atoms with Gasteiger partial charge in [0.2, 0.25) is 5.91 Å². The maximum atomic E-state index is 13.7. The van der Waals surface area contributed by atoms with Gasteiger partial charge >= 0.3 is 6.18 Å². The van der Waals surface area contributed by atoms with Crippen molar-refractivity contribution in [3.63, 3.8) is 0 Å². The molecule has 1 atom stereocenters. The van der Waals surface area contributed by atoms with E-state index >= 15 is 0 Å². The van der Waals surface area contributed by atoms with Crippen LogP contribution in [0, 0.1) is 23.4 Å². The van der Waals surface area contributed by atoms with Gasteiger partial charge in [-0.15, -0.1) is 0 Å². The molecule has 1 aliphatic heterocycles. The van der Waals surface area contributed by atoms with Crippen LogP contribution in [0.25, 0.3) is 0 Å². The van der Waals surface area contributed by atoms with Gasteiger partial charge in [0.05, 0.1) is 17.2 Å². The normalized spacial score (nSPS) is 17.5. The summed E-state index contributed by atoms with van der Waals surface area (Å²) in [5.41, 5.74) is -1.45. The standard InChI is InChI=1S/C18H15F6N3O/c19-12-5-6-13(15(21)14(12)20)26-17(28)10-3-2-8-27(9-10)16-11(18(22,23)24)4-1-7-25-16/h1,4-7,10H,2-3,8-9H2,(H,26,28)/t10-/m1/s1. The first-order chi connectivity index (χ1) is 13.2. The Morgan fingerprint density at radius 3 is 2.61 bits per heavy atom. The summed E-state index contributed by atoms with van der Waals surface area (Å²) in [7, 11) is 0. The van der Waals surface area contributed by atoms with Crippen LogP contribution in [0.3, 0.4) is 0 Å². The molecule has 3 rings (SSSR count). The summed E-state index contributed by atoms with van der Waals surface area (Å²) in [4.78, 5) is 17.6. The lowest BCUT2D eigenvalue weighted by Crippen LogP contribution is -2.42. The molecule has 28 heavy (non-hydrogen) atoms. The van der Waals surface area contributed by atoms with Gasteiger partial charge in [0.1, 0.15) is 5.82 Å². The lowest BCUT2D eigenvalue weighted by molar-refractivity contribution is -0.137. The molecule has 1 aromatic carbocycles. The Labute approximate surface area is 156 Å². The number of nitrogens with zero attached hydrogens (tertiary/aromatic N) is 2. The lowest BCUT2D eigenvalue weighted by Gasteiger charge is -2.34. The van der Waals surface area contributed by atoms with E-state index in [4.69, 9.17) is 0 Å². The summed E-state index contributed by atoms with van der Waals surface area (Å²) in [5, 5.41) is 2.17. The second-order valence-electron chi connectivity index (χ2n) is 6.37. The number of alkyl halides is 3. The number of aromatic nitrogens is 1. The first-order valence-corrected chi connectivity index (χ1v) is 8.40. The maximum Gasteiger partial charge on any atom is 0.419 e. The van der Waals surface area contributed by atoms with Crippen molar-refractivity contribution in [1.29, 1.82) is 0 Å². The number of halogens is 6. The Morgan fingerprint density at radius 2 is 1.89 bits per heavy atom. The first-order valence-electron chi connectivity index (χ1n) is 8.40. The van der Waals surface area contributed by atoms with E-state index in [2.05, 4.69) is 10.3 Å². The number of amides is 1. The third kappa shape index (κ3) is 4.05. The maximum absolute atomic E-state index is 13.7. The zero-order valence-corrected chi connectivity index (χ0v) is 14.4. The van der Waals surface area contributed by atoms with Crippen LogP contribution in [0.5, 0.6) is 0 Å². The smallest absolute Gasteiger partial charge is 0.355 e. The molecule has 150 valence electrons. The first kappa shape index (κ1) is 20.0. The largest absolute Gasteiger partial charge is 0.419 e. The van der Waals surface area contributed by atoms with Crippen LogP contribution in [-0.2, 0) is 11.0 Å².